The molecule has 1 fully saturated rings. The first-order chi connectivity index (χ1) is 9.76. The Balaban J connectivity index is 1.90. The fraction of sp³-hybridized carbons (Fsp3) is 0.385. The van der Waals surface area contributed by atoms with Crippen LogP contribution in [0.2, 0.25) is 0 Å². The van der Waals surface area contributed by atoms with Crippen molar-refractivity contribution in [2.75, 3.05) is 7.05 Å². The molecular formula is C13H13F3N2O2S. The maximum atomic E-state index is 12.2. The zero-order valence-electron chi connectivity index (χ0n) is 11.1. The highest BCUT2D eigenvalue weighted by Crippen LogP contribution is 2.36. The molecule has 1 heterocycles. The van der Waals surface area contributed by atoms with E-state index in [9.17, 15) is 22.8 Å². The van der Waals surface area contributed by atoms with Crippen molar-refractivity contribution in [2.45, 2.75) is 29.4 Å². The van der Waals surface area contributed by atoms with Crippen LogP contribution in [0.5, 0.6) is 0 Å². The fourth-order valence-electron chi connectivity index (χ4n) is 1.97. The molecule has 0 spiro atoms. The molecule has 1 aliphatic rings. The average molecular weight is 318 g/mol. The Morgan fingerprint density at radius 2 is 1.90 bits per heavy atom. The molecule has 21 heavy (non-hydrogen) atoms. The first-order valence-corrected chi connectivity index (χ1v) is 6.96. The third-order valence-electron chi connectivity index (χ3n) is 3.09. The van der Waals surface area contributed by atoms with Crippen LogP contribution < -0.4 is 5.32 Å². The maximum Gasteiger partial charge on any atom is 0.446 e. The van der Waals surface area contributed by atoms with E-state index in [0.29, 0.717) is 6.54 Å². The Hall–Kier alpha value is -1.54. The predicted molar refractivity (Wildman–Crippen MR) is 71.4 cm³/mol. The molecule has 0 bridgehead atoms. The van der Waals surface area contributed by atoms with Crippen LogP contribution in [0.4, 0.5) is 13.2 Å². The second-order valence-electron chi connectivity index (χ2n) is 4.62. The highest BCUT2D eigenvalue weighted by atomic mass is 32.2. The normalized spacial score (nSPS) is 19.4. The van der Waals surface area contributed by atoms with Gasteiger partial charge in [0.2, 0.25) is 11.8 Å². The first kappa shape index (κ1) is 15.8. The number of halogens is 3. The number of carbonyl (C=O) groups is 2. The number of hydrogen-bond acceptors (Lipinski definition) is 4. The van der Waals surface area contributed by atoms with E-state index in [-0.39, 0.29) is 34.9 Å². The molecule has 1 aromatic carbocycles. The summed E-state index contributed by atoms with van der Waals surface area (Å²) in [6.07, 6.45) is 0.108. The number of amides is 2. The molecule has 4 nitrogen and oxygen atoms in total. The molecule has 0 radical (unpaired) electrons. The molecule has 1 saturated heterocycles. The lowest BCUT2D eigenvalue weighted by Gasteiger charge is -2.11. The summed E-state index contributed by atoms with van der Waals surface area (Å²) >= 11 is -0.172. The topological polar surface area (TPSA) is 49.4 Å². The van der Waals surface area contributed by atoms with Crippen LogP contribution in [0.25, 0.3) is 0 Å². The zero-order chi connectivity index (χ0) is 15.6. The summed E-state index contributed by atoms with van der Waals surface area (Å²) in [5.74, 6) is -0.529. The molecule has 8 heteroatoms. The van der Waals surface area contributed by atoms with Gasteiger partial charge in [-0.05, 0) is 29.5 Å². The number of likely N-dealkylation sites (tertiary alicyclic amines) is 1. The smallest absolute Gasteiger partial charge is 0.301 e. The zero-order valence-corrected chi connectivity index (χ0v) is 11.9. The third kappa shape index (κ3) is 4.21. The number of benzene rings is 1. The number of nitrogens with zero attached hydrogens (tertiary/aromatic N) is 1. The van der Waals surface area contributed by atoms with Crippen LogP contribution in [0.15, 0.2) is 29.2 Å². The van der Waals surface area contributed by atoms with Crippen molar-refractivity contribution in [2.24, 2.45) is 0 Å². The van der Waals surface area contributed by atoms with E-state index >= 15 is 0 Å². The maximum absolute atomic E-state index is 12.2. The summed E-state index contributed by atoms with van der Waals surface area (Å²) in [6, 6.07) is 5.32. The summed E-state index contributed by atoms with van der Waals surface area (Å²) in [4.78, 5) is 24.2. The van der Waals surface area contributed by atoms with E-state index < -0.39 is 11.6 Å². The average Bonchev–Trinajstić information content (AvgIpc) is 2.64. The lowest BCUT2D eigenvalue weighted by Crippen LogP contribution is -2.36. The lowest BCUT2D eigenvalue weighted by molar-refractivity contribution is -0.137. The van der Waals surface area contributed by atoms with Crippen LogP contribution in [-0.2, 0) is 16.1 Å². The largest absolute Gasteiger partial charge is 0.446 e. The van der Waals surface area contributed by atoms with Crippen LogP contribution >= 0.6 is 11.8 Å². The molecule has 114 valence electrons. The van der Waals surface area contributed by atoms with E-state index in [2.05, 4.69) is 5.32 Å². The molecule has 1 unspecified atom stereocenters. The van der Waals surface area contributed by atoms with Gasteiger partial charge in [0.05, 0.1) is 12.5 Å². The van der Waals surface area contributed by atoms with Gasteiger partial charge < -0.3 is 5.32 Å². The summed E-state index contributed by atoms with van der Waals surface area (Å²) in [5.41, 5.74) is -3.56. The van der Waals surface area contributed by atoms with Crippen LogP contribution in [0, 0.1) is 0 Å². The number of carbonyl (C=O) groups excluding carboxylic acids is 2. The van der Waals surface area contributed by atoms with Crippen molar-refractivity contribution >= 4 is 23.6 Å². The molecule has 2 rings (SSSR count). The van der Waals surface area contributed by atoms with E-state index in [1.165, 1.54) is 19.2 Å². The van der Waals surface area contributed by atoms with Crippen molar-refractivity contribution in [3.05, 3.63) is 29.8 Å². The second kappa shape index (κ2) is 6.07. The Labute approximate surface area is 123 Å². The quantitative estimate of drug-likeness (QED) is 0.683. The van der Waals surface area contributed by atoms with Crippen LogP contribution in [0.3, 0.4) is 0 Å². The fourth-order valence-corrected chi connectivity index (χ4v) is 2.50. The molecular weight excluding hydrogens is 305 g/mol. The summed E-state index contributed by atoms with van der Waals surface area (Å²) in [5, 5.41) is 2.94. The molecule has 1 N–H and O–H groups in total. The van der Waals surface area contributed by atoms with Gasteiger partial charge in [0, 0.05) is 18.5 Å². The van der Waals surface area contributed by atoms with Crippen molar-refractivity contribution in [3.63, 3.8) is 0 Å². The van der Waals surface area contributed by atoms with Gasteiger partial charge in [0.25, 0.3) is 0 Å². The molecule has 1 aliphatic heterocycles. The molecule has 2 amide bonds. The first-order valence-electron chi connectivity index (χ1n) is 6.15. The van der Waals surface area contributed by atoms with Crippen molar-refractivity contribution in [1.82, 2.24) is 10.2 Å². The Bertz CT molecular complexity index is 545. The van der Waals surface area contributed by atoms with Crippen molar-refractivity contribution < 1.29 is 22.8 Å². The number of nitrogens with one attached hydrogen (secondary N) is 1. The van der Waals surface area contributed by atoms with Gasteiger partial charge in [0.1, 0.15) is 0 Å². The van der Waals surface area contributed by atoms with E-state index in [4.69, 9.17) is 0 Å². The highest BCUT2D eigenvalue weighted by molar-refractivity contribution is 8.00. The third-order valence-corrected chi connectivity index (χ3v) is 3.83. The van der Waals surface area contributed by atoms with Crippen molar-refractivity contribution in [3.8, 4) is 0 Å². The van der Waals surface area contributed by atoms with Gasteiger partial charge >= 0.3 is 5.51 Å². The SMILES string of the molecule is CN1C(=O)CC(NCc2ccc(SC(F)(F)F)cc2)C1=O. The minimum Gasteiger partial charge on any atom is -0.301 e. The van der Waals surface area contributed by atoms with Gasteiger partial charge in [-0.3, -0.25) is 14.5 Å². The molecule has 1 atom stereocenters. The minimum absolute atomic E-state index is 0.108. The lowest BCUT2D eigenvalue weighted by atomic mass is 10.2. The van der Waals surface area contributed by atoms with E-state index in [1.807, 2.05) is 0 Å². The Morgan fingerprint density at radius 1 is 1.29 bits per heavy atom. The molecule has 0 saturated carbocycles. The predicted octanol–water partition coefficient (Wildman–Crippen LogP) is 2.15. The van der Waals surface area contributed by atoms with Gasteiger partial charge in [0.15, 0.2) is 0 Å². The number of alkyl halides is 3. The van der Waals surface area contributed by atoms with Gasteiger partial charge in [-0.15, -0.1) is 0 Å². The molecule has 1 aromatic rings. The number of imide groups is 1. The monoisotopic (exact) mass is 318 g/mol. The number of hydrogen-bond donors (Lipinski definition) is 1. The minimum atomic E-state index is -4.30. The summed E-state index contributed by atoms with van der Waals surface area (Å²) in [7, 11) is 1.43. The van der Waals surface area contributed by atoms with E-state index in [0.717, 1.165) is 10.5 Å². The van der Waals surface area contributed by atoms with Gasteiger partial charge in [-0.2, -0.15) is 13.2 Å². The second-order valence-corrected chi connectivity index (χ2v) is 5.76. The number of rotatable bonds is 4. The van der Waals surface area contributed by atoms with Gasteiger partial charge in [-0.25, -0.2) is 0 Å². The number of thioether (sulfide) groups is 1. The van der Waals surface area contributed by atoms with Gasteiger partial charge in [-0.1, -0.05) is 12.1 Å². The van der Waals surface area contributed by atoms with Crippen LogP contribution in [0.1, 0.15) is 12.0 Å². The van der Waals surface area contributed by atoms with Crippen LogP contribution in [-0.4, -0.2) is 35.3 Å². The number of likely N-dealkylation sites (N-methyl/N-ethyl adjacent to an activating group) is 1. The Morgan fingerprint density at radius 3 is 2.38 bits per heavy atom. The van der Waals surface area contributed by atoms with Crippen molar-refractivity contribution in [1.29, 1.82) is 0 Å². The molecule has 0 aliphatic carbocycles. The summed E-state index contributed by atoms with van der Waals surface area (Å²) < 4.78 is 36.6. The van der Waals surface area contributed by atoms with E-state index in [1.54, 1.807) is 12.1 Å². The standard InChI is InChI=1S/C13H13F3N2O2S/c1-18-11(19)6-10(12(18)20)17-7-8-2-4-9(5-3-8)21-13(14,15)16/h2-5,10,17H,6-7H2,1H3. The molecule has 0 aromatic heterocycles. The highest BCUT2D eigenvalue weighted by Gasteiger charge is 2.35. The Kier molecular flexibility index (Phi) is 4.58. The summed E-state index contributed by atoms with van der Waals surface area (Å²) in [6.45, 7) is 0.314.